The van der Waals surface area contributed by atoms with E-state index < -0.39 is 0 Å². The van der Waals surface area contributed by atoms with E-state index in [1.54, 1.807) is 18.4 Å². The number of benzene rings is 3. The van der Waals surface area contributed by atoms with E-state index in [0.29, 0.717) is 19.4 Å². The van der Waals surface area contributed by atoms with Crippen LogP contribution in [0.4, 0.5) is 5.13 Å². The second kappa shape index (κ2) is 9.09. The van der Waals surface area contributed by atoms with E-state index in [9.17, 15) is 4.79 Å². The second-order valence-electron chi connectivity index (χ2n) is 7.20. The fourth-order valence-electron chi connectivity index (χ4n) is 3.50. The Balaban J connectivity index is 1.62. The summed E-state index contributed by atoms with van der Waals surface area (Å²) in [5.41, 5.74) is 4.21. The van der Waals surface area contributed by atoms with Crippen molar-refractivity contribution in [2.75, 3.05) is 12.0 Å². The van der Waals surface area contributed by atoms with Gasteiger partial charge in [-0.3, -0.25) is 9.69 Å². The van der Waals surface area contributed by atoms with Gasteiger partial charge in [0.05, 0.1) is 23.9 Å². The lowest BCUT2D eigenvalue weighted by atomic mass is 10.1. The number of ether oxygens (including phenoxy) is 1. The number of thiazole rings is 1. The third-order valence-electron chi connectivity index (χ3n) is 5.13. The lowest BCUT2D eigenvalue weighted by Gasteiger charge is -2.20. The number of rotatable bonds is 7. The van der Waals surface area contributed by atoms with Gasteiger partial charge in [0.1, 0.15) is 5.75 Å². The maximum absolute atomic E-state index is 13.3. The minimum absolute atomic E-state index is 0.0569. The Labute approximate surface area is 180 Å². The third-order valence-corrected chi connectivity index (χ3v) is 6.17. The van der Waals surface area contributed by atoms with Gasteiger partial charge in [0, 0.05) is 6.42 Å². The van der Waals surface area contributed by atoms with Crippen LogP contribution in [0.1, 0.15) is 23.1 Å². The largest absolute Gasteiger partial charge is 0.496 e. The van der Waals surface area contributed by atoms with Gasteiger partial charge in [0.2, 0.25) is 5.91 Å². The lowest BCUT2D eigenvalue weighted by molar-refractivity contribution is -0.118. The van der Waals surface area contributed by atoms with Crippen molar-refractivity contribution in [2.45, 2.75) is 26.3 Å². The second-order valence-corrected chi connectivity index (χ2v) is 8.20. The SMILES string of the molecule is COc1ccccc1CCC(=O)N(Cc1ccccc1)c1nc2c(C)cccc2s1. The highest BCUT2D eigenvalue weighted by atomic mass is 32.1. The smallest absolute Gasteiger partial charge is 0.229 e. The van der Waals surface area contributed by atoms with Gasteiger partial charge in [-0.2, -0.15) is 0 Å². The van der Waals surface area contributed by atoms with Crippen molar-refractivity contribution in [2.24, 2.45) is 0 Å². The number of fused-ring (bicyclic) bond motifs is 1. The van der Waals surface area contributed by atoms with E-state index >= 15 is 0 Å². The summed E-state index contributed by atoms with van der Waals surface area (Å²) in [6, 6.07) is 24.1. The molecular weight excluding hydrogens is 392 g/mol. The Morgan fingerprint density at radius 1 is 1.00 bits per heavy atom. The van der Waals surface area contributed by atoms with Gasteiger partial charge in [-0.1, -0.05) is 72.0 Å². The number of para-hydroxylation sites is 2. The van der Waals surface area contributed by atoms with Crippen molar-refractivity contribution in [1.29, 1.82) is 0 Å². The van der Waals surface area contributed by atoms with E-state index in [0.717, 1.165) is 37.8 Å². The van der Waals surface area contributed by atoms with E-state index in [1.165, 1.54) is 0 Å². The molecule has 30 heavy (non-hydrogen) atoms. The van der Waals surface area contributed by atoms with Crippen LogP contribution in [0.3, 0.4) is 0 Å². The van der Waals surface area contributed by atoms with Crippen LogP contribution in [-0.4, -0.2) is 18.0 Å². The summed E-state index contributed by atoms with van der Waals surface area (Å²) >= 11 is 1.57. The molecule has 1 heterocycles. The topological polar surface area (TPSA) is 42.4 Å². The van der Waals surface area contributed by atoms with Crippen molar-refractivity contribution < 1.29 is 9.53 Å². The molecule has 0 aliphatic rings. The Bertz CT molecular complexity index is 1150. The van der Waals surface area contributed by atoms with Gasteiger partial charge in [0.25, 0.3) is 0 Å². The minimum atomic E-state index is 0.0569. The van der Waals surface area contributed by atoms with Gasteiger partial charge in [-0.15, -0.1) is 0 Å². The zero-order valence-corrected chi connectivity index (χ0v) is 18.0. The number of nitrogens with zero attached hydrogens (tertiary/aromatic N) is 2. The monoisotopic (exact) mass is 416 g/mol. The first-order chi connectivity index (χ1) is 14.7. The van der Waals surface area contributed by atoms with Crippen LogP contribution < -0.4 is 9.64 Å². The molecule has 3 aromatic carbocycles. The first kappa shape index (κ1) is 20.1. The van der Waals surface area contributed by atoms with Crippen LogP contribution in [0.2, 0.25) is 0 Å². The van der Waals surface area contributed by atoms with Crippen molar-refractivity contribution >= 4 is 32.6 Å². The zero-order valence-electron chi connectivity index (χ0n) is 17.2. The molecule has 0 aliphatic carbocycles. The highest BCUT2D eigenvalue weighted by Gasteiger charge is 2.21. The number of hydrogen-bond acceptors (Lipinski definition) is 4. The Morgan fingerprint density at radius 3 is 2.53 bits per heavy atom. The molecule has 152 valence electrons. The molecule has 4 aromatic rings. The molecule has 0 N–H and O–H groups in total. The van der Waals surface area contributed by atoms with E-state index in [4.69, 9.17) is 9.72 Å². The number of hydrogen-bond donors (Lipinski definition) is 0. The Kier molecular flexibility index (Phi) is 6.10. The number of methoxy groups -OCH3 is 1. The van der Waals surface area contributed by atoms with Gasteiger partial charge in [-0.05, 0) is 42.2 Å². The van der Waals surface area contributed by atoms with Crippen LogP contribution in [-0.2, 0) is 17.8 Å². The van der Waals surface area contributed by atoms with Gasteiger partial charge < -0.3 is 4.74 Å². The molecule has 1 amide bonds. The van der Waals surface area contributed by atoms with Crippen LogP contribution in [0.5, 0.6) is 5.75 Å². The average molecular weight is 417 g/mol. The number of amides is 1. The molecule has 0 fully saturated rings. The number of aromatic nitrogens is 1. The number of carbonyl (C=O) groups excluding carboxylic acids is 1. The molecule has 0 saturated carbocycles. The average Bonchev–Trinajstić information content (AvgIpc) is 3.22. The molecule has 4 rings (SSSR count). The summed E-state index contributed by atoms with van der Waals surface area (Å²) in [4.78, 5) is 20.0. The molecule has 0 aliphatic heterocycles. The Morgan fingerprint density at radius 2 is 1.77 bits per heavy atom. The highest BCUT2D eigenvalue weighted by molar-refractivity contribution is 7.22. The Hall–Kier alpha value is -3.18. The number of anilines is 1. The molecule has 1 aromatic heterocycles. The van der Waals surface area contributed by atoms with Gasteiger partial charge in [0.15, 0.2) is 5.13 Å². The molecule has 0 atom stereocenters. The van der Waals surface area contributed by atoms with E-state index in [2.05, 4.69) is 19.1 Å². The van der Waals surface area contributed by atoms with Gasteiger partial charge in [-0.25, -0.2) is 4.98 Å². The van der Waals surface area contributed by atoms with Crippen LogP contribution in [0.15, 0.2) is 72.8 Å². The quantitative estimate of drug-likeness (QED) is 0.383. The lowest BCUT2D eigenvalue weighted by Crippen LogP contribution is -2.30. The first-order valence-electron chi connectivity index (χ1n) is 9.98. The molecule has 5 heteroatoms. The summed E-state index contributed by atoms with van der Waals surface area (Å²) < 4.78 is 6.53. The maximum Gasteiger partial charge on any atom is 0.229 e. The van der Waals surface area contributed by atoms with E-state index in [1.807, 2.05) is 65.6 Å². The predicted molar refractivity (Wildman–Crippen MR) is 123 cm³/mol. The normalized spacial score (nSPS) is 10.9. The predicted octanol–water partition coefficient (Wildman–Crippen LogP) is 5.78. The third kappa shape index (κ3) is 4.36. The fourth-order valence-corrected chi connectivity index (χ4v) is 4.56. The number of aryl methyl sites for hydroxylation is 2. The highest BCUT2D eigenvalue weighted by Crippen LogP contribution is 2.32. The molecule has 4 nitrogen and oxygen atoms in total. The molecular formula is C25H24N2O2S. The first-order valence-corrected chi connectivity index (χ1v) is 10.8. The molecule has 0 saturated heterocycles. The standard InChI is InChI=1S/C25H24N2O2S/c1-18-9-8-14-22-24(18)26-25(30-22)27(17-19-10-4-3-5-11-19)23(28)16-15-20-12-6-7-13-21(20)29-2/h3-14H,15-17H2,1-2H3. The zero-order chi connectivity index (χ0) is 20.9. The molecule has 0 unspecified atom stereocenters. The molecule has 0 spiro atoms. The van der Waals surface area contributed by atoms with Crippen LogP contribution in [0, 0.1) is 6.92 Å². The summed E-state index contributed by atoms with van der Waals surface area (Å²) in [7, 11) is 1.66. The fraction of sp³-hybridized carbons (Fsp3) is 0.200. The van der Waals surface area contributed by atoms with Crippen molar-refractivity contribution in [3.8, 4) is 5.75 Å². The summed E-state index contributed by atoms with van der Waals surface area (Å²) in [5, 5.41) is 0.744. The van der Waals surface area contributed by atoms with Crippen molar-refractivity contribution in [3.63, 3.8) is 0 Å². The van der Waals surface area contributed by atoms with Gasteiger partial charge >= 0.3 is 0 Å². The summed E-state index contributed by atoms with van der Waals surface area (Å²) in [6.45, 7) is 2.56. The van der Waals surface area contributed by atoms with Crippen molar-refractivity contribution in [1.82, 2.24) is 4.98 Å². The molecule has 0 bridgehead atoms. The summed E-state index contributed by atoms with van der Waals surface area (Å²) in [5.74, 6) is 0.872. The molecule has 0 radical (unpaired) electrons. The number of carbonyl (C=O) groups is 1. The van der Waals surface area contributed by atoms with Crippen LogP contribution >= 0.6 is 11.3 Å². The van der Waals surface area contributed by atoms with Crippen molar-refractivity contribution in [3.05, 3.63) is 89.5 Å². The van der Waals surface area contributed by atoms with E-state index in [-0.39, 0.29) is 5.91 Å². The van der Waals surface area contributed by atoms with Crippen LogP contribution in [0.25, 0.3) is 10.2 Å². The summed E-state index contributed by atoms with van der Waals surface area (Å²) in [6.07, 6.45) is 1.01. The maximum atomic E-state index is 13.3. The minimum Gasteiger partial charge on any atom is -0.496 e.